The van der Waals surface area contributed by atoms with E-state index in [1.54, 1.807) is 52.0 Å². The van der Waals surface area contributed by atoms with Crippen molar-refractivity contribution in [3.05, 3.63) is 29.8 Å². The van der Waals surface area contributed by atoms with Crippen LogP contribution in [0.5, 0.6) is 0 Å². The molecule has 0 amide bonds. The standard InChI is InChI=1S/C14H19NO4/c1-9(10-7-5-6-8-11(10)15)12(16)18-13(17)19-14(2,3)4/h5-9H,15H2,1-4H3/t9-/m0/s1. The Labute approximate surface area is 112 Å². The summed E-state index contributed by atoms with van der Waals surface area (Å²) in [5.74, 6) is -1.32. The zero-order valence-corrected chi connectivity index (χ0v) is 11.6. The smallest absolute Gasteiger partial charge is 0.428 e. The molecule has 0 radical (unpaired) electrons. The van der Waals surface area contributed by atoms with Gasteiger partial charge >= 0.3 is 12.1 Å². The lowest BCUT2D eigenvalue weighted by Gasteiger charge is -2.19. The van der Waals surface area contributed by atoms with Crippen LogP contribution in [-0.2, 0) is 14.3 Å². The summed E-state index contributed by atoms with van der Waals surface area (Å²) in [5.41, 5.74) is 6.17. The third-order valence-electron chi connectivity index (χ3n) is 2.39. The highest BCUT2D eigenvalue weighted by atomic mass is 16.7. The highest BCUT2D eigenvalue weighted by Crippen LogP contribution is 2.23. The lowest BCUT2D eigenvalue weighted by atomic mass is 10.00. The van der Waals surface area contributed by atoms with Crippen LogP contribution in [0.25, 0.3) is 0 Å². The van der Waals surface area contributed by atoms with Gasteiger partial charge in [-0.05, 0) is 39.3 Å². The molecule has 19 heavy (non-hydrogen) atoms. The molecule has 5 nitrogen and oxygen atoms in total. The van der Waals surface area contributed by atoms with Crippen molar-refractivity contribution in [3.8, 4) is 0 Å². The van der Waals surface area contributed by atoms with Crippen molar-refractivity contribution in [2.75, 3.05) is 5.73 Å². The van der Waals surface area contributed by atoms with Gasteiger partial charge in [-0.25, -0.2) is 4.79 Å². The van der Waals surface area contributed by atoms with E-state index in [-0.39, 0.29) is 0 Å². The third kappa shape index (κ3) is 4.62. The van der Waals surface area contributed by atoms with Gasteiger partial charge in [0.15, 0.2) is 0 Å². The fraction of sp³-hybridized carbons (Fsp3) is 0.429. The van der Waals surface area contributed by atoms with Gasteiger partial charge < -0.3 is 15.2 Å². The minimum atomic E-state index is -1.00. The zero-order valence-electron chi connectivity index (χ0n) is 11.6. The van der Waals surface area contributed by atoms with Crippen LogP contribution in [0.3, 0.4) is 0 Å². The summed E-state index contributed by atoms with van der Waals surface area (Å²) in [4.78, 5) is 23.2. The van der Waals surface area contributed by atoms with Crippen molar-refractivity contribution in [1.29, 1.82) is 0 Å². The third-order valence-corrected chi connectivity index (χ3v) is 2.39. The summed E-state index contributed by atoms with van der Waals surface area (Å²) in [7, 11) is 0. The monoisotopic (exact) mass is 265 g/mol. The molecule has 0 saturated heterocycles. The van der Waals surface area contributed by atoms with E-state index in [0.717, 1.165) is 0 Å². The number of anilines is 1. The Bertz CT molecular complexity index is 477. The summed E-state index contributed by atoms with van der Waals surface area (Å²) in [6.45, 7) is 6.70. The number of carbonyl (C=O) groups is 2. The fourth-order valence-corrected chi connectivity index (χ4v) is 1.47. The van der Waals surface area contributed by atoms with E-state index in [1.165, 1.54) is 0 Å². The first-order valence-electron chi connectivity index (χ1n) is 6.00. The van der Waals surface area contributed by atoms with Crippen LogP contribution < -0.4 is 5.73 Å². The molecule has 0 aliphatic rings. The topological polar surface area (TPSA) is 78.6 Å². The van der Waals surface area contributed by atoms with Gasteiger partial charge in [0.25, 0.3) is 0 Å². The molecular formula is C14H19NO4. The molecule has 0 saturated carbocycles. The zero-order chi connectivity index (χ0) is 14.6. The van der Waals surface area contributed by atoms with E-state index in [9.17, 15) is 9.59 Å². The van der Waals surface area contributed by atoms with Gasteiger partial charge in [-0.2, -0.15) is 0 Å². The van der Waals surface area contributed by atoms with Gasteiger partial charge in [0.1, 0.15) is 5.60 Å². The first-order valence-corrected chi connectivity index (χ1v) is 6.00. The van der Waals surface area contributed by atoms with Crippen LogP contribution in [0.1, 0.15) is 39.2 Å². The first-order chi connectivity index (χ1) is 8.70. The molecule has 0 heterocycles. The Hall–Kier alpha value is -2.04. The Morgan fingerprint density at radius 3 is 2.32 bits per heavy atom. The van der Waals surface area contributed by atoms with E-state index in [2.05, 4.69) is 4.74 Å². The second kappa shape index (κ2) is 5.73. The van der Waals surface area contributed by atoms with Crippen LogP contribution >= 0.6 is 0 Å². The summed E-state index contributed by atoms with van der Waals surface area (Å²) < 4.78 is 9.55. The summed E-state index contributed by atoms with van der Waals surface area (Å²) in [6, 6.07) is 6.94. The van der Waals surface area contributed by atoms with Crippen LogP contribution in [0.2, 0.25) is 0 Å². The van der Waals surface area contributed by atoms with Gasteiger partial charge in [-0.15, -0.1) is 0 Å². The predicted molar refractivity (Wildman–Crippen MR) is 71.6 cm³/mol. The van der Waals surface area contributed by atoms with Crippen molar-refractivity contribution < 1.29 is 19.1 Å². The minimum absolute atomic E-state index is 0.483. The van der Waals surface area contributed by atoms with Crippen molar-refractivity contribution in [1.82, 2.24) is 0 Å². The molecular weight excluding hydrogens is 246 g/mol. The first kappa shape index (κ1) is 15.0. The number of hydrogen-bond acceptors (Lipinski definition) is 5. The molecule has 2 N–H and O–H groups in total. The summed E-state index contributed by atoms with van der Waals surface area (Å²) >= 11 is 0. The number of ether oxygens (including phenoxy) is 2. The van der Waals surface area contributed by atoms with E-state index < -0.39 is 23.6 Å². The normalized spacial score (nSPS) is 12.6. The maximum Gasteiger partial charge on any atom is 0.516 e. The van der Waals surface area contributed by atoms with Crippen LogP contribution in [0, 0.1) is 0 Å². The fourth-order valence-electron chi connectivity index (χ4n) is 1.47. The van der Waals surface area contributed by atoms with E-state index in [0.29, 0.717) is 11.3 Å². The molecule has 0 fully saturated rings. The number of rotatable bonds is 2. The predicted octanol–water partition coefficient (Wildman–Crippen LogP) is 2.85. The van der Waals surface area contributed by atoms with E-state index in [1.807, 2.05) is 0 Å². The lowest BCUT2D eigenvalue weighted by molar-refractivity contribution is -0.142. The number of nitrogens with two attached hydrogens (primary N) is 1. The Morgan fingerprint density at radius 2 is 1.79 bits per heavy atom. The average Bonchev–Trinajstić information content (AvgIpc) is 2.26. The maximum absolute atomic E-state index is 11.8. The Morgan fingerprint density at radius 1 is 1.21 bits per heavy atom. The lowest BCUT2D eigenvalue weighted by Crippen LogP contribution is -2.27. The summed E-state index contributed by atoms with van der Waals surface area (Å²) in [6.07, 6.45) is -1.00. The van der Waals surface area contributed by atoms with Crippen LogP contribution in [0.15, 0.2) is 24.3 Å². The number of benzene rings is 1. The van der Waals surface area contributed by atoms with Crippen LogP contribution in [0.4, 0.5) is 10.5 Å². The number of carbonyl (C=O) groups excluding carboxylic acids is 2. The highest BCUT2D eigenvalue weighted by molar-refractivity contribution is 5.87. The molecule has 0 aliphatic carbocycles. The van der Waals surface area contributed by atoms with Gasteiger partial charge in [0, 0.05) is 5.69 Å². The van der Waals surface area contributed by atoms with E-state index >= 15 is 0 Å². The number of para-hydroxylation sites is 1. The largest absolute Gasteiger partial charge is 0.516 e. The molecule has 0 aliphatic heterocycles. The van der Waals surface area contributed by atoms with Gasteiger partial charge in [-0.1, -0.05) is 18.2 Å². The molecule has 0 aromatic heterocycles. The molecule has 1 aromatic rings. The molecule has 1 aromatic carbocycles. The van der Waals surface area contributed by atoms with Crippen molar-refractivity contribution in [2.45, 2.75) is 39.2 Å². The molecule has 0 unspecified atom stereocenters. The highest BCUT2D eigenvalue weighted by Gasteiger charge is 2.25. The molecule has 5 heteroatoms. The SMILES string of the molecule is C[C@H](C(=O)OC(=O)OC(C)(C)C)c1ccccc1N. The minimum Gasteiger partial charge on any atom is -0.428 e. The number of esters is 1. The van der Waals surface area contributed by atoms with Crippen LogP contribution in [-0.4, -0.2) is 17.7 Å². The summed E-state index contributed by atoms with van der Waals surface area (Å²) in [5, 5.41) is 0. The second-order valence-electron chi connectivity index (χ2n) is 5.24. The van der Waals surface area contributed by atoms with Crippen molar-refractivity contribution in [3.63, 3.8) is 0 Å². The number of nitrogen functional groups attached to an aromatic ring is 1. The van der Waals surface area contributed by atoms with Gasteiger partial charge in [-0.3, -0.25) is 4.79 Å². The molecule has 104 valence electrons. The maximum atomic E-state index is 11.8. The van der Waals surface area contributed by atoms with Gasteiger partial charge in [0.2, 0.25) is 0 Å². The molecule has 0 spiro atoms. The molecule has 1 rings (SSSR count). The molecule has 0 bridgehead atoms. The molecule has 1 atom stereocenters. The van der Waals surface area contributed by atoms with Gasteiger partial charge in [0.05, 0.1) is 5.92 Å². The Kier molecular flexibility index (Phi) is 4.53. The quantitative estimate of drug-likeness (QED) is 0.505. The average molecular weight is 265 g/mol. The Balaban J connectivity index is 2.69. The number of hydrogen-bond donors (Lipinski definition) is 1. The van der Waals surface area contributed by atoms with Crippen molar-refractivity contribution >= 4 is 17.8 Å². The second-order valence-corrected chi connectivity index (χ2v) is 5.24. The van der Waals surface area contributed by atoms with E-state index in [4.69, 9.17) is 10.5 Å². The van der Waals surface area contributed by atoms with Crippen molar-refractivity contribution in [2.24, 2.45) is 0 Å².